The minimum absolute atomic E-state index is 0.0765. The first-order chi connectivity index (χ1) is 9.47. The summed E-state index contributed by atoms with van der Waals surface area (Å²) in [6.07, 6.45) is 0.336. The summed E-state index contributed by atoms with van der Waals surface area (Å²) in [6.45, 7) is 5.80. The number of carbonyl (C=O) groups is 1. The molecule has 1 amide bonds. The summed E-state index contributed by atoms with van der Waals surface area (Å²) in [7, 11) is 0. The first-order valence-corrected chi connectivity index (χ1v) is 6.62. The molecule has 0 aromatic heterocycles. The molecule has 2 aromatic carbocycles. The zero-order chi connectivity index (χ0) is 14.7. The van der Waals surface area contributed by atoms with Gasteiger partial charge in [-0.05, 0) is 44.0 Å². The molecule has 0 fully saturated rings. The maximum Gasteiger partial charge on any atom is 0.228 e. The van der Waals surface area contributed by atoms with Crippen LogP contribution in [0.15, 0.2) is 36.4 Å². The number of phenols is 1. The van der Waals surface area contributed by atoms with Gasteiger partial charge in [0.1, 0.15) is 5.75 Å². The van der Waals surface area contributed by atoms with E-state index in [1.165, 1.54) is 0 Å². The van der Waals surface area contributed by atoms with Gasteiger partial charge in [0.05, 0.1) is 6.42 Å². The molecular weight excluding hydrogens is 250 g/mol. The third-order valence-electron chi connectivity index (χ3n) is 3.43. The van der Waals surface area contributed by atoms with Crippen molar-refractivity contribution in [1.29, 1.82) is 0 Å². The van der Waals surface area contributed by atoms with Gasteiger partial charge in [0.15, 0.2) is 0 Å². The Morgan fingerprint density at radius 3 is 2.65 bits per heavy atom. The maximum absolute atomic E-state index is 12.1. The van der Waals surface area contributed by atoms with Gasteiger partial charge in [-0.3, -0.25) is 4.79 Å². The second kappa shape index (κ2) is 5.78. The lowest BCUT2D eigenvalue weighted by Crippen LogP contribution is -2.15. The van der Waals surface area contributed by atoms with Crippen molar-refractivity contribution in [1.82, 2.24) is 0 Å². The van der Waals surface area contributed by atoms with E-state index in [4.69, 9.17) is 0 Å². The SMILES string of the molecule is Cc1ccc(C)c(CC(=O)Nc2cccc(O)c2C)c1. The topological polar surface area (TPSA) is 49.3 Å². The molecule has 0 radical (unpaired) electrons. The monoisotopic (exact) mass is 269 g/mol. The molecule has 3 nitrogen and oxygen atoms in total. The van der Waals surface area contributed by atoms with Gasteiger partial charge in [0.25, 0.3) is 0 Å². The summed E-state index contributed by atoms with van der Waals surface area (Å²) in [4.78, 5) is 12.1. The van der Waals surface area contributed by atoms with Crippen LogP contribution in [0.25, 0.3) is 0 Å². The Kier molecular flexibility index (Phi) is 4.08. The predicted molar refractivity (Wildman–Crippen MR) is 81.1 cm³/mol. The smallest absolute Gasteiger partial charge is 0.228 e. The standard InChI is InChI=1S/C17H19NO2/c1-11-7-8-12(2)14(9-11)10-17(20)18-15-5-4-6-16(19)13(15)3/h4-9,19H,10H2,1-3H3,(H,18,20). The molecule has 104 valence electrons. The van der Waals surface area contributed by atoms with Crippen LogP contribution in [0.2, 0.25) is 0 Å². The minimum Gasteiger partial charge on any atom is -0.508 e. The molecule has 0 saturated heterocycles. The summed E-state index contributed by atoms with van der Waals surface area (Å²) < 4.78 is 0. The quantitative estimate of drug-likeness (QED) is 0.896. The molecule has 2 aromatic rings. The molecule has 0 aliphatic heterocycles. The summed E-state index contributed by atoms with van der Waals surface area (Å²) in [5, 5.41) is 12.5. The van der Waals surface area contributed by atoms with E-state index >= 15 is 0 Å². The highest BCUT2D eigenvalue weighted by atomic mass is 16.3. The van der Waals surface area contributed by atoms with Crippen molar-refractivity contribution in [2.24, 2.45) is 0 Å². The summed E-state index contributed by atoms with van der Waals surface area (Å²) in [6, 6.07) is 11.2. The van der Waals surface area contributed by atoms with Gasteiger partial charge in [0.2, 0.25) is 5.91 Å². The zero-order valence-corrected chi connectivity index (χ0v) is 12.0. The lowest BCUT2D eigenvalue weighted by Gasteiger charge is -2.11. The fraction of sp³-hybridized carbons (Fsp3) is 0.235. The lowest BCUT2D eigenvalue weighted by molar-refractivity contribution is -0.115. The number of aromatic hydroxyl groups is 1. The van der Waals surface area contributed by atoms with E-state index in [2.05, 4.69) is 5.32 Å². The van der Waals surface area contributed by atoms with E-state index < -0.39 is 0 Å². The molecule has 0 spiro atoms. The molecule has 0 unspecified atom stereocenters. The van der Waals surface area contributed by atoms with Crippen LogP contribution < -0.4 is 5.32 Å². The third-order valence-corrected chi connectivity index (χ3v) is 3.43. The molecule has 20 heavy (non-hydrogen) atoms. The second-order valence-electron chi connectivity index (χ2n) is 5.10. The summed E-state index contributed by atoms with van der Waals surface area (Å²) >= 11 is 0. The third kappa shape index (κ3) is 3.18. The Hall–Kier alpha value is -2.29. The van der Waals surface area contributed by atoms with Crippen molar-refractivity contribution < 1.29 is 9.90 Å². The fourth-order valence-corrected chi connectivity index (χ4v) is 2.12. The first-order valence-electron chi connectivity index (χ1n) is 6.62. The largest absolute Gasteiger partial charge is 0.508 e. The summed E-state index contributed by atoms with van der Waals surface area (Å²) in [5.41, 5.74) is 4.62. The predicted octanol–water partition coefficient (Wildman–Crippen LogP) is 3.50. The van der Waals surface area contributed by atoms with Crippen LogP contribution in [0.1, 0.15) is 22.3 Å². The van der Waals surface area contributed by atoms with Crippen LogP contribution in [-0.2, 0) is 11.2 Å². The number of carbonyl (C=O) groups excluding carboxylic acids is 1. The normalized spacial score (nSPS) is 10.3. The number of aryl methyl sites for hydroxylation is 2. The number of hydrogen-bond acceptors (Lipinski definition) is 2. The summed E-state index contributed by atoms with van der Waals surface area (Å²) in [5.74, 6) is 0.113. The van der Waals surface area contributed by atoms with Gasteiger partial charge in [-0.2, -0.15) is 0 Å². The van der Waals surface area contributed by atoms with Gasteiger partial charge in [-0.1, -0.05) is 29.8 Å². The first kappa shape index (κ1) is 14.1. The van der Waals surface area contributed by atoms with Crippen LogP contribution in [0.3, 0.4) is 0 Å². The molecule has 0 heterocycles. The molecule has 0 aliphatic rings. The lowest BCUT2D eigenvalue weighted by atomic mass is 10.0. The van der Waals surface area contributed by atoms with Crippen molar-refractivity contribution in [3.8, 4) is 5.75 Å². The highest BCUT2D eigenvalue weighted by Gasteiger charge is 2.09. The van der Waals surface area contributed by atoms with Gasteiger partial charge < -0.3 is 10.4 Å². The number of anilines is 1. The Labute approximate surface area is 119 Å². The van der Waals surface area contributed by atoms with Gasteiger partial charge in [0, 0.05) is 11.3 Å². The van der Waals surface area contributed by atoms with Gasteiger partial charge >= 0.3 is 0 Å². The van der Waals surface area contributed by atoms with Crippen molar-refractivity contribution in [2.45, 2.75) is 27.2 Å². The van der Waals surface area contributed by atoms with E-state index in [1.807, 2.05) is 32.0 Å². The van der Waals surface area contributed by atoms with Crippen LogP contribution in [-0.4, -0.2) is 11.0 Å². The van der Waals surface area contributed by atoms with Crippen molar-refractivity contribution >= 4 is 11.6 Å². The van der Waals surface area contributed by atoms with Crippen LogP contribution in [0, 0.1) is 20.8 Å². The number of amides is 1. The Bertz CT molecular complexity index is 641. The number of phenolic OH excluding ortho intramolecular Hbond substituents is 1. The number of hydrogen-bond donors (Lipinski definition) is 2. The molecule has 0 aliphatic carbocycles. The van der Waals surface area contributed by atoms with Gasteiger partial charge in [-0.25, -0.2) is 0 Å². The maximum atomic E-state index is 12.1. The van der Waals surface area contributed by atoms with E-state index in [-0.39, 0.29) is 11.7 Å². The molecular formula is C17H19NO2. The Balaban J connectivity index is 2.13. The average Bonchev–Trinajstić information content (AvgIpc) is 2.39. The molecule has 2 N–H and O–H groups in total. The molecule has 2 rings (SSSR count). The molecule has 0 atom stereocenters. The minimum atomic E-state index is -0.0765. The van der Waals surface area contributed by atoms with Crippen LogP contribution in [0.4, 0.5) is 5.69 Å². The highest BCUT2D eigenvalue weighted by Crippen LogP contribution is 2.24. The van der Waals surface area contributed by atoms with Crippen molar-refractivity contribution in [3.63, 3.8) is 0 Å². The van der Waals surface area contributed by atoms with E-state index in [0.717, 1.165) is 16.7 Å². The van der Waals surface area contributed by atoms with Crippen molar-refractivity contribution in [3.05, 3.63) is 58.7 Å². The second-order valence-corrected chi connectivity index (χ2v) is 5.10. The van der Waals surface area contributed by atoms with Crippen LogP contribution >= 0.6 is 0 Å². The van der Waals surface area contributed by atoms with E-state index in [9.17, 15) is 9.90 Å². The average molecular weight is 269 g/mol. The van der Waals surface area contributed by atoms with Crippen LogP contribution in [0.5, 0.6) is 5.75 Å². The Morgan fingerprint density at radius 2 is 1.90 bits per heavy atom. The zero-order valence-electron chi connectivity index (χ0n) is 12.0. The molecule has 3 heteroatoms. The Morgan fingerprint density at radius 1 is 1.15 bits per heavy atom. The highest BCUT2D eigenvalue weighted by molar-refractivity contribution is 5.93. The number of benzene rings is 2. The van der Waals surface area contributed by atoms with Gasteiger partial charge in [-0.15, -0.1) is 0 Å². The van der Waals surface area contributed by atoms with E-state index in [1.54, 1.807) is 25.1 Å². The molecule has 0 saturated carbocycles. The number of nitrogens with one attached hydrogen (secondary N) is 1. The molecule has 0 bridgehead atoms. The van der Waals surface area contributed by atoms with E-state index in [0.29, 0.717) is 17.7 Å². The number of rotatable bonds is 3. The fourth-order valence-electron chi connectivity index (χ4n) is 2.12. The van der Waals surface area contributed by atoms with Crippen molar-refractivity contribution in [2.75, 3.05) is 5.32 Å².